The maximum atomic E-state index is 6.40. The standard InChI is InChI=1S/C48H31NOS/c1-2-11-32(12-3-1)33-21-23-34(24-22-33)35-25-28-37(29-26-35)49(43-17-10-19-45-48(43)40-15-5-8-18-44(40)50-45)42-16-7-4-13-38(42)36-27-30-47-41(31-36)39-14-6-9-20-46(39)51-47/h1-31H. The van der Waals surface area contributed by atoms with Crippen molar-refractivity contribution in [1.29, 1.82) is 0 Å². The first-order valence-corrected chi connectivity index (χ1v) is 18.1. The zero-order valence-electron chi connectivity index (χ0n) is 27.7. The molecule has 10 rings (SSSR count). The van der Waals surface area contributed by atoms with Crippen LogP contribution in [0.15, 0.2) is 192 Å². The van der Waals surface area contributed by atoms with Crippen molar-refractivity contribution in [3.8, 4) is 33.4 Å². The molecule has 0 aliphatic carbocycles. The third kappa shape index (κ3) is 5.10. The Kier molecular flexibility index (Phi) is 7.04. The maximum absolute atomic E-state index is 6.40. The average molecular weight is 670 g/mol. The van der Waals surface area contributed by atoms with E-state index in [0.717, 1.165) is 39.0 Å². The van der Waals surface area contributed by atoms with E-state index in [-0.39, 0.29) is 0 Å². The van der Waals surface area contributed by atoms with E-state index >= 15 is 0 Å². The highest BCUT2D eigenvalue weighted by molar-refractivity contribution is 7.25. The second-order valence-corrected chi connectivity index (χ2v) is 14.0. The predicted molar refractivity (Wildman–Crippen MR) is 218 cm³/mol. The van der Waals surface area contributed by atoms with E-state index in [1.165, 1.54) is 53.6 Å². The van der Waals surface area contributed by atoms with Gasteiger partial charge in [-0.2, -0.15) is 0 Å². The van der Waals surface area contributed by atoms with Crippen LogP contribution in [0.1, 0.15) is 0 Å². The van der Waals surface area contributed by atoms with Crippen molar-refractivity contribution >= 4 is 70.5 Å². The number of thiophene rings is 1. The summed E-state index contributed by atoms with van der Waals surface area (Å²) in [5.74, 6) is 0. The number of anilines is 3. The van der Waals surface area contributed by atoms with Crippen molar-refractivity contribution in [2.24, 2.45) is 0 Å². The number of rotatable bonds is 6. The number of fused-ring (bicyclic) bond motifs is 6. The fraction of sp³-hybridized carbons (Fsp3) is 0. The number of nitrogens with zero attached hydrogens (tertiary/aromatic N) is 1. The Bertz CT molecular complexity index is 2850. The van der Waals surface area contributed by atoms with Gasteiger partial charge >= 0.3 is 0 Å². The maximum Gasteiger partial charge on any atom is 0.137 e. The molecule has 0 amide bonds. The Morgan fingerprint density at radius 3 is 1.75 bits per heavy atom. The van der Waals surface area contributed by atoms with Crippen LogP contribution in [-0.2, 0) is 0 Å². The fourth-order valence-electron chi connectivity index (χ4n) is 7.45. The Labute approximate surface area is 300 Å². The topological polar surface area (TPSA) is 16.4 Å². The number of para-hydroxylation sites is 2. The molecule has 0 saturated carbocycles. The van der Waals surface area contributed by atoms with Gasteiger partial charge in [0.1, 0.15) is 11.2 Å². The van der Waals surface area contributed by atoms with Crippen molar-refractivity contribution in [2.45, 2.75) is 0 Å². The highest BCUT2D eigenvalue weighted by Crippen LogP contribution is 2.47. The first-order chi connectivity index (χ1) is 25.3. The second kappa shape index (κ2) is 12.2. The summed E-state index contributed by atoms with van der Waals surface area (Å²) in [5.41, 5.74) is 12.2. The second-order valence-electron chi connectivity index (χ2n) is 12.9. The summed E-state index contributed by atoms with van der Waals surface area (Å²) in [7, 11) is 0. The molecule has 0 atom stereocenters. The van der Waals surface area contributed by atoms with Gasteiger partial charge in [-0.15, -0.1) is 11.3 Å². The number of benzene rings is 8. The highest BCUT2D eigenvalue weighted by Gasteiger charge is 2.22. The zero-order chi connectivity index (χ0) is 33.7. The molecular weight excluding hydrogens is 639 g/mol. The van der Waals surface area contributed by atoms with E-state index in [1.807, 2.05) is 17.4 Å². The smallest absolute Gasteiger partial charge is 0.137 e. The third-order valence-corrected chi connectivity index (χ3v) is 11.1. The average Bonchev–Trinajstić information content (AvgIpc) is 3.77. The fourth-order valence-corrected chi connectivity index (χ4v) is 8.53. The van der Waals surface area contributed by atoms with Crippen molar-refractivity contribution in [2.75, 3.05) is 4.90 Å². The van der Waals surface area contributed by atoms with E-state index < -0.39 is 0 Å². The van der Waals surface area contributed by atoms with Gasteiger partial charge in [-0.3, -0.25) is 0 Å². The third-order valence-electron chi connectivity index (χ3n) is 9.90. The first-order valence-electron chi connectivity index (χ1n) is 17.3. The van der Waals surface area contributed by atoms with Gasteiger partial charge in [-0.1, -0.05) is 133 Å². The molecule has 0 N–H and O–H groups in total. The number of hydrogen-bond donors (Lipinski definition) is 0. The molecule has 240 valence electrons. The number of furan rings is 1. The Morgan fingerprint density at radius 2 is 0.941 bits per heavy atom. The summed E-state index contributed by atoms with van der Waals surface area (Å²) in [6.45, 7) is 0. The van der Waals surface area contributed by atoms with Gasteiger partial charge in [0.2, 0.25) is 0 Å². The van der Waals surface area contributed by atoms with E-state index in [1.54, 1.807) is 0 Å². The molecule has 3 heteroatoms. The Hall–Kier alpha value is -6.42. The van der Waals surface area contributed by atoms with Crippen molar-refractivity contribution in [1.82, 2.24) is 0 Å². The molecular formula is C48H31NOS. The van der Waals surface area contributed by atoms with Gasteiger partial charge in [0.15, 0.2) is 0 Å². The van der Waals surface area contributed by atoms with Crippen LogP contribution in [0, 0.1) is 0 Å². The highest BCUT2D eigenvalue weighted by atomic mass is 32.1. The first kappa shape index (κ1) is 29.5. The lowest BCUT2D eigenvalue weighted by Crippen LogP contribution is -2.11. The largest absolute Gasteiger partial charge is 0.456 e. The van der Waals surface area contributed by atoms with Gasteiger partial charge in [-0.25, -0.2) is 0 Å². The Balaban J connectivity index is 1.14. The lowest BCUT2D eigenvalue weighted by atomic mass is 9.98. The Morgan fingerprint density at radius 1 is 0.373 bits per heavy atom. The van der Waals surface area contributed by atoms with Crippen molar-refractivity contribution in [3.63, 3.8) is 0 Å². The molecule has 0 unspecified atom stereocenters. The quantitative estimate of drug-likeness (QED) is 0.175. The van der Waals surface area contributed by atoms with E-state index in [2.05, 4.69) is 187 Å². The van der Waals surface area contributed by atoms with E-state index in [4.69, 9.17) is 4.42 Å². The van der Waals surface area contributed by atoms with Crippen LogP contribution in [-0.4, -0.2) is 0 Å². The minimum Gasteiger partial charge on any atom is -0.456 e. The van der Waals surface area contributed by atoms with Crippen LogP contribution in [0.5, 0.6) is 0 Å². The number of hydrogen-bond acceptors (Lipinski definition) is 3. The van der Waals surface area contributed by atoms with Crippen LogP contribution < -0.4 is 4.90 Å². The lowest BCUT2D eigenvalue weighted by molar-refractivity contribution is 0.669. The molecule has 0 bridgehead atoms. The van der Waals surface area contributed by atoms with Gasteiger partial charge < -0.3 is 9.32 Å². The SMILES string of the molecule is c1ccc(-c2ccc(-c3ccc(N(c4ccccc4-c4ccc5sc6ccccc6c5c4)c4cccc5oc6ccccc6c45)cc3)cc2)cc1. The van der Waals surface area contributed by atoms with Crippen LogP contribution in [0.4, 0.5) is 17.1 Å². The molecule has 2 nitrogen and oxygen atoms in total. The van der Waals surface area contributed by atoms with E-state index in [9.17, 15) is 0 Å². The molecule has 0 fully saturated rings. The molecule has 51 heavy (non-hydrogen) atoms. The summed E-state index contributed by atoms with van der Waals surface area (Å²) in [6.07, 6.45) is 0. The molecule has 0 aliphatic heterocycles. The van der Waals surface area contributed by atoms with Gasteiger partial charge in [0.25, 0.3) is 0 Å². The van der Waals surface area contributed by atoms with Crippen LogP contribution in [0.2, 0.25) is 0 Å². The summed E-state index contributed by atoms with van der Waals surface area (Å²) in [4.78, 5) is 2.40. The van der Waals surface area contributed by atoms with Crippen LogP contribution in [0.25, 0.3) is 75.5 Å². The monoisotopic (exact) mass is 669 g/mol. The zero-order valence-corrected chi connectivity index (χ0v) is 28.5. The molecule has 0 radical (unpaired) electrons. The summed E-state index contributed by atoms with van der Waals surface area (Å²) in [6, 6.07) is 67.4. The molecule has 2 aromatic heterocycles. The van der Waals surface area contributed by atoms with Crippen LogP contribution in [0.3, 0.4) is 0 Å². The molecule has 2 heterocycles. The van der Waals surface area contributed by atoms with Gasteiger partial charge in [-0.05, 0) is 82.4 Å². The van der Waals surface area contributed by atoms with Crippen LogP contribution >= 0.6 is 11.3 Å². The lowest BCUT2D eigenvalue weighted by Gasteiger charge is -2.28. The van der Waals surface area contributed by atoms with Crippen molar-refractivity contribution in [3.05, 3.63) is 188 Å². The molecule has 8 aromatic carbocycles. The van der Waals surface area contributed by atoms with Gasteiger partial charge in [0.05, 0.1) is 16.8 Å². The summed E-state index contributed by atoms with van der Waals surface area (Å²) < 4.78 is 9.02. The van der Waals surface area contributed by atoms with Crippen molar-refractivity contribution < 1.29 is 4.42 Å². The normalized spacial score (nSPS) is 11.5. The summed E-state index contributed by atoms with van der Waals surface area (Å²) in [5, 5.41) is 4.80. The van der Waals surface area contributed by atoms with Gasteiger partial charge in [0, 0.05) is 36.8 Å². The van der Waals surface area contributed by atoms with E-state index in [0.29, 0.717) is 0 Å². The molecule has 0 spiro atoms. The molecule has 10 aromatic rings. The predicted octanol–water partition coefficient (Wildman–Crippen LogP) is 14.4. The molecule has 0 saturated heterocycles. The molecule has 0 aliphatic rings. The minimum absolute atomic E-state index is 0.873. The summed E-state index contributed by atoms with van der Waals surface area (Å²) >= 11 is 1.85. The minimum atomic E-state index is 0.873.